The smallest absolute Gasteiger partial charge is 0.150 e. The van der Waals surface area contributed by atoms with E-state index in [-0.39, 0.29) is 6.23 Å². The van der Waals surface area contributed by atoms with Crippen molar-refractivity contribution >= 4 is 22.5 Å². The number of hydrogen-bond acceptors (Lipinski definition) is 2. The van der Waals surface area contributed by atoms with Crippen molar-refractivity contribution in [3.05, 3.63) is 28.9 Å². The summed E-state index contributed by atoms with van der Waals surface area (Å²) in [5.74, 6) is 0. The molecule has 1 fully saturated rings. The number of aryl methyl sites for hydroxylation is 1. The van der Waals surface area contributed by atoms with Crippen LogP contribution in [0.5, 0.6) is 0 Å². The molecule has 1 aromatic carbocycles. The van der Waals surface area contributed by atoms with Crippen molar-refractivity contribution in [1.82, 2.24) is 9.78 Å². The Kier molecular flexibility index (Phi) is 2.81. The van der Waals surface area contributed by atoms with Gasteiger partial charge in [0, 0.05) is 17.0 Å². The fourth-order valence-electron chi connectivity index (χ4n) is 2.40. The van der Waals surface area contributed by atoms with Gasteiger partial charge < -0.3 is 4.74 Å². The molecule has 0 spiro atoms. The second-order valence-corrected chi connectivity index (χ2v) is 4.95. The van der Waals surface area contributed by atoms with Gasteiger partial charge in [-0.25, -0.2) is 4.68 Å². The zero-order valence-electron chi connectivity index (χ0n) is 9.82. The van der Waals surface area contributed by atoms with E-state index >= 15 is 0 Å². The third kappa shape index (κ3) is 1.94. The van der Waals surface area contributed by atoms with Crippen molar-refractivity contribution in [3.63, 3.8) is 0 Å². The molecular weight excluding hydrogens is 236 g/mol. The van der Waals surface area contributed by atoms with Gasteiger partial charge in [0.2, 0.25) is 0 Å². The second kappa shape index (κ2) is 4.31. The quantitative estimate of drug-likeness (QED) is 0.772. The van der Waals surface area contributed by atoms with Gasteiger partial charge in [-0.1, -0.05) is 11.6 Å². The van der Waals surface area contributed by atoms with Gasteiger partial charge in [0.1, 0.15) is 0 Å². The van der Waals surface area contributed by atoms with Gasteiger partial charge in [0.25, 0.3) is 0 Å². The minimum Gasteiger partial charge on any atom is -0.356 e. The fraction of sp³-hybridized carbons (Fsp3) is 0.462. The minimum atomic E-state index is 0.0844. The van der Waals surface area contributed by atoms with E-state index in [1.165, 1.54) is 6.42 Å². The SMILES string of the molecule is Cc1nn(C2CCCCO2)c2ccc(Cl)cc12. The average molecular weight is 251 g/mol. The first kappa shape index (κ1) is 11.1. The van der Waals surface area contributed by atoms with E-state index < -0.39 is 0 Å². The molecule has 0 saturated carbocycles. The Morgan fingerprint density at radius 1 is 1.41 bits per heavy atom. The molecule has 0 bridgehead atoms. The number of ether oxygens (including phenoxy) is 1. The minimum absolute atomic E-state index is 0.0844. The Bertz CT molecular complexity index is 544. The maximum atomic E-state index is 6.02. The number of benzene rings is 1. The number of halogens is 1. The van der Waals surface area contributed by atoms with Crippen LogP contribution >= 0.6 is 11.6 Å². The molecule has 2 aromatic rings. The predicted octanol–water partition coefficient (Wildman–Crippen LogP) is 3.70. The lowest BCUT2D eigenvalue weighted by Gasteiger charge is -2.23. The molecule has 1 saturated heterocycles. The average Bonchev–Trinajstić information content (AvgIpc) is 2.68. The van der Waals surface area contributed by atoms with Gasteiger partial charge in [-0.3, -0.25) is 0 Å². The molecular formula is C13H15ClN2O. The molecule has 2 heterocycles. The topological polar surface area (TPSA) is 27.1 Å². The summed E-state index contributed by atoms with van der Waals surface area (Å²) in [5.41, 5.74) is 2.12. The van der Waals surface area contributed by atoms with Crippen LogP contribution < -0.4 is 0 Å². The lowest BCUT2D eigenvalue weighted by atomic mass is 10.2. The number of fused-ring (bicyclic) bond motifs is 1. The van der Waals surface area contributed by atoms with Crippen molar-refractivity contribution in [3.8, 4) is 0 Å². The van der Waals surface area contributed by atoms with E-state index in [2.05, 4.69) is 5.10 Å². The molecule has 1 unspecified atom stereocenters. The number of nitrogens with zero attached hydrogens (tertiary/aromatic N) is 2. The Morgan fingerprint density at radius 3 is 3.06 bits per heavy atom. The molecule has 1 atom stereocenters. The third-order valence-electron chi connectivity index (χ3n) is 3.28. The highest BCUT2D eigenvalue weighted by Gasteiger charge is 2.19. The highest BCUT2D eigenvalue weighted by Crippen LogP contribution is 2.29. The summed E-state index contributed by atoms with van der Waals surface area (Å²) in [6.45, 7) is 2.84. The lowest BCUT2D eigenvalue weighted by molar-refractivity contribution is -0.0368. The van der Waals surface area contributed by atoms with E-state index in [0.717, 1.165) is 41.1 Å². The number of aromatic nitrogens is 2. The van der Waals surface area contributed by atoms with Crippen molar-refractivity contribution in [2.45, 2.75) is 32.4 Å². The molecule has 1 aliphatic rings. The Labute approximate surface area is 105 Å². The first-order valence-electron chi connectivity index (χ1n) is 6.02. The summed E-state index contributed by atoms with van der Waals surface area (Å²) in [6.07, 6.45) is 3.49. The maximum Gasteiger partial charge on any atom is 0.150 e. The normalized spacial score (nSPS) is 20.9. The molecule has 3 nitrogen and oxygen atoms in total. The summed E-state index contributed by atoms with van der Waals surface area (Å²) >= 11 is 6.02. The standard InChI is InChI=1S/C13H15ClN2O/c1-9-11-8-10(14)5-6-12(11)16(15-9)13-4-2-3-7-17-13/h5-6,8,13H,2-4,7H2,1H3. The highest BCUT2D eigenvalue weighted by atomic mass is 35.5. The maximum absolute atomic E-state index is 6.02. The van der Waals surface area contributed by atoms with Crippen LogP contribution in [0, 0.1) is 6.92 Å². The van der Waals surface area contributed by atoms with E-state index in [9.17, 15) is 0 Å². The molecule has 0 aliphatic carbocycles. The molecule has 0 amide bonds. The van der Waals surface area contributed by atoms with Gasteiger partial charge in [-0.05, 0) is 44.4 Å². The summed E-state index contributed by atoms with van der Waals surface area (Å²) in [5, 5.41) is 6.46. The number of hydrogen-bond donors (Lipinski definition) is 0. The van der Waals surface area contributed by atoms with Crippen LogP contribution in [0.25, 0.3) is 10.9 Å². The Hall–Kier alpha value is -1.06. The first-order chi connectivity index (χ1) is 8.25. The van der Waals surface area contributed by atoms with Crippen molar-refractivity contribution in [2.24, 2.45) is 0 Å². The van der Waals surface area contributed by atoms with Gasteiger partial charge in [-0.15, -0.1) is 0 Å². The zero-order valence-corrected chi connectivity index (χ0v) is 10.6. The highest BCUT2D eigenvalue weighted by molar-refractivity contribution is 6.31. The monoisotopic (exact) mass is 250 g/mol. The molecule has 90 valence electrons. The van der Waals surface area contributed by atoms with Crippen LogP contribution in [0.1, 0.15) is 31.2 Å². The van der Waals surface area contributed by atoms with Crippen LogP contribution in [0.4, 0.5) is 0 Å². The van der Waals surface area contributed by atoms with E-state index in [1.807, 2.05) is 29.8 Å². The van der Waals surface area contributed by atoms with Crippen molar-refractivity contribution in [2.75, 3.05) is 6.61 Å². The fourth-order valence-corrected chi connectivity index (χ4v) is 2.58. The van der Waals surface area contributed by atoms with E-state index in [4.69, 9.17) is 16.3 Å². The van der Waals surface area contributed by atoms with Gasteiger partial charge in [-0.2, -0.15) is 5.10 Å². The van der Waals surface area contributed by atoms with Crippen LogP contribution in [0.3, 0.4) is 0 Å². The van der Waals surface area contributed by atoms with Crippen molar-refractivity contribution < 1.29 is 4.74 Å². The van der Waals surface area contributed by atoms with E-state index in [0.29, 0.717) is 0 Å². The Morgan fingerprint density at radius 2 is 2.29 bits per heavy atom. The predicted molar refractivity (Wildman–Crippen MR) is 68.3 cm³/mol. The summed E-state index contributed by atoms with van der Waals surface area (Å²) in [6, 6.07) is 5.90. The van der Waals surface area contributed by atoms with Gasteiger partial charge >= 0.3 is 0 Å². The van der Waals surface area contributed by atoms with Gasteiger partial charge in [0.15, 0.2) is 6.23 Å². The third-order valence-corrected chi connectivity index (χ3v) is 3.52. The van der Waals surface area contributed by atoms with Crippen LogP contribution in [0.2, 0.25) is 5.02 Å². The molecule has 0 N–H and O–H groups in total. The summed E-state index contributed by atoms with van der Waals surface area (Å²) < 4.78 is 7.78. The van der Waals surface area contributed by atoms with E-state index in [1.54, 1.807) is 0 Å². The summed E-state index contributed by atoms with van der Waals surface area (Å²) in [7, 11) is 0. The molecule has 1 aliphatic heterocycles. The Balaban J connectivity index is 2.10. The van der Waals surface area contributed by atoms with Crippen LogP contribution in [0.15, 0.2) is 18.2 Å². The largest absolute Gasteiger partial charge is 0.356 e. The first-order valence-corrected chi connectivity index (χ1v) is 6.39. The van der Waals surface area contributed by atoms with Crippen LogP contribution in [-0.2, 0) is 4.74 Å². The van der Waals surface area contributed by atoms with Crippen LogP contribution in [-0.4, -0.2) is 16.4 Å². The second-order valence-electron chi connectivity index (χ2n) is 4.51. The van der Waals surface area contributed by atoms with Gasteiger partial charge in [0.05, 0.1) is 11.2 Å². The molecule has 3 rings (SSSR count). The zero-order chi connectivity index (χ0) is 11.8. The molecule has 0 radical (unpaired) electrons. The molecule has 1 aromatic heterocycles. The summed E-state index contributed by atoms with van der Waals surface area (Å²) in [4.78, 5) is 0. The number of rotatable bonds is 1. The lowest BCUT2D eigenvalue weighted by Crippen LogP contribution is -2.19. The van der Waals surface area contributed by atoms with Crippen molar-refractivity contribution in [1.29, 1.82) is 0 Å². The molecule has 17 heavy (non-hydrogen) atoms. The molecule has 4 heteroatoms.